The minimum Gasteiger partial charge on any atom is -0.399 e. The van der Waals surface area contributed by atoms with Gasteiger partial charge < -0.3 is 5.73 Å². The second-order valence-corrected chi connectivity index (χ2v) is 7.96. The zero-order valence-electron chi connectivity index (χ0n) is 9.52. The summed E-state index contributed by atoms with van der Waals surface area (Å²) in [5.74, 6) is 0. The van der Waals surface area contributed by atoms with Gasteiger partial charge in [-0.3, -0.25) is 0 Å². The number of nitrogen functional groups attached to an aromatic ring is 1. The Labute approximate surface area is 100 Å². The van der Waals surface area contributed by atoms with E-state index in [0.717, 1.165) is 4.90 Å². The highest BCUT2D eigenvalue weighted by atomic mass is 32.2. The normalized spacial score (nSPS) is 12.8. The van der Waals surface area contributed by atoms with Crippen LogP contribution in [-0.2, 0) is 10.0 Å². The summed E-state index contributed by atoms with van der Waals surface area (Å²) < 4.78 is 22.4. The molecule has 6 heteroatoms. The van der Waals surface area contributed by atoms with E-state index in [2.05, 4.69) is 0 Å². The fraction of sp³-hybridized carbons (Fsp3) is 0.400. The molecule has 0 fully saturated rings. The lowest BCUT2D eigenvalue weighted by Gasteiger charge is -2.18. The van der Waals surface area contributed by atoms with Crippen LogP contribution in [0.15, 0.2) is 28.0 Å². The standard InChI is InChI=1S/C10H16N2O2S2/c1-10(2,3)15-8-4-7(11)5-9(6-8)16(12,13)14/h4-6H,11H2,1-3H3,(H2,12,13,14). The van der Waals surface area contributed by atoms with Gasteiger partial charge in [0.2, 0.25) is 10.0 Å². The molecule has 1 rings (SSSR count). The quantitative estimate of drug-likeness (QED) is 0.627. The first-order valence-corrected chi connectivity index (χ1v) is 7.06. The number of anilines is 1. The third-order valence-corrected chi connectivity index (χ3v) is 3.63. The SMILES string of the molecule is CC(C)(C)Sc1cc(N)cc(S(N)(=O)=O)c1. The van der Waals surface area contributed by atoms with Gasteiger partial charge in [0.1, 0.15) is 0 Å². The molecule has 1 aromatic carbocycles. The van der Waals surface area contributed by atoms with Crippen molar-refractivity contribution >= 4 is 27.5 Å². The van der Waals surface area contributed by atoms with E-state index in [0.29, 0.717) is 5.69 Å². The van der Waals surface area contributed by atoms with Crippen LogP contribution in [-0.4, -0.2) is 13.2 Å². The maximum atomic E-state index is 11.2. The highest BCUT2D eigenvalue weighted by Gasteiger charge is 2.15. The van der Waals surface area contributed by atoms with E-state index < -0.39 is 10.0 Å². The second kappa shape index (κ2) is 4.27. The molecule has 4 nitrogen and oxygen atoms in total. The number of rotatable bonds is 2. The van der Waals surface area contributed by atoms with Crippen molar-refractivity contribution < 1.29 is 8.42 Å². The molecule has 0 atom stereocenters. The molecule has 0 saturated carbocycles. The van der Waals surface area contributed by atoms with Crippen molar-refractivity contribution in [1.29, 1.82) is 0 Å². The molecule has 0 aliphatic rings. The van der Waals surface area contributed by atoms with Gasteiger partial charge in [-0.05, 0) is 18.2 Å². The van der Waals surface area contributed by atoms with Gasteiger partial charge in [0, 0.05) is 15.3 Å². The molecular weight excluding hydrogens is 244 g/mol. The van der Waals surface area contributed by atoms with Gasteiger partial charge >= 0.3 is 0 Å². The van der Waals surface area contributed by atoms with Crippen LogP contribution in [0.25, 0.3) is 0 Å². The number of sulfonamides is 1. The van der Waals surface area contributed by atoms with Gasteiger partial charge in [-0.1, -0.05) is 20.8 Å². The lowest BCUT2D eigenvalue weighted by Crippen LogP contribution is -2.13. The summed E-state index contributed by atoms with van der Waals surface area (Å²) in [5, 5.41) is 5.07. The molecule has 0 amide bonds. The van der Waals surface area contributed by atoms with Crippen molar-refractivity contribution in [3.63, 3.8) is 0 Å². The van der Waals surface area contributed by atoms with Gasteiger partial charge in [0.25, 0.3) is 0 Å². The molecule has 0 bridgehead atoms. The Morgan fingerprint density at radius 1 is 1.19 bits per heavy atom. The predicted molar refractivity (Wildman–Crippen MR) is 67.8 cm³/mol. The summed E-state index contributed by atoms with van der Waals surface area (Å²) in [5.41, 5.74) is 6.04. The smallest absolute Gasteiger partial charge is 0.238 e. The van der Waals surface area contributed by atoms with E-state index in [1.165, 1.54) is 6.07 Å². The molecule has 4 N–H and O–H groups in total. The third-order valence-electron chi connectivity index (χ3n) is 1.65. The van der Waals surface area contributed by atoms with E-state index in [1.54, 1.807) is 23.9 Å². The number of nitrogens with two attached hydrogens (primary N) is 2. The Morgan fingerprint density at radius 3 is 2.19 bits per heavy atom. The minimum absolute atomic E-state index is 0.0105. The maximum absolute atomic E-state index is 11.2. The fourth-order valence-corrected chi connectivity index (χ4v) is 2.92. The molecule has 0 saturated heterocycles. The van der Waals surface area contributed by atoms with Crippen LogP contribution in [0.4, 0.5) is 5.69 Å². The monoisotopic (exact) mass is 260 g/mol. The lowest BCUT2D eigenvalue weighted by atomic mass is 10.3. The van der Waals surface area contributed by atoms with Crippen molar-refractivity contribution in [1.82, 2.24) is 0 Å². The van der Waals surface area contributed by atoms with E-state index >= 15 is 0 Å². The summed E-state index contributed by atoms with van der Waals surface area (Å²) in [6, 6.07) is 4.65. The van der Waals surface area contributed by atoms with Crippen molar-refractivity contribution in [2.75, 3.05) is 5.73 Å². The summed E-state index contributed by atoms with van der Waals surface area (Å²) in [6.45, 7) is 6.12. The number of benzene rings is 1. The average molecular weight is 260 g/mol. The molecule has 1 aromatic rings. The summed E-state index contributed by atoms with van der Waals surface area (Å²) >= 11 is 1.55. The van der Waals surface area contributed by atoms with Gasteiger partial charge in [-0.15, -0.1) is 11.8 Å². The second-order valence-electron chi connectivity index (χ2n) is 4.50. The summed E-state index contributed by atoms with van der Waals surface area (Å²) in [4.78, 5) is 0.857. The van der Waals surface area contributed by atoms with Crippen molar-refractivity contribution in [2.45, 2.75) is 35.3 Å². The van der Waals surface area contributed by atoms with Crippen LogP contribution < -0.4 is 10.9 Å². The van der Waals surface area contributed by atoms with Gasteiger partial charge in [0.15, 0.2) is 0 Å². The molecule has 0 spiro atoms. The predicted octanol–water partition coefficient (Wildman–Crippen LogP) is 1.81. The van der Waals surface area contributed by atoms with Crippen molar-refractivity contribution in [3.05, 3.63) is 18.2 Å². The van der Waals surface area contributed by atoms with Crippen molar-refractivity contribution in [3.8, 4) is 0 Å². The fourth-order valence-electron chi connectivity index (χ4n) is 1.17. The van der Waals surface area contributed by atoms with E-state index in [4.69, 9.17) is 10.9 Å². The molecule has 0 radical (unpaired) electrons. The van der Waals surface area contributed by atoms with E-state index in [9.17, 15) is 8.42 Å². The summed E-state index contributed by atoms with van der Waals surface area (Å²) in [6.07, 6.45) is 0. The maximum Gasteiger partial charge on any atom is 0.238 e. The molecule has 0 unspecified atom stereocenters. The first kappa shape index (κ1) is 13.3. The van der Waals surface area contributed by atoms with Crippen LogP contribution in [0.2, 0.25) is 0 Å². The molecule has 0 heterocycles. The molecular formula is C10H16N2O2S2. The first-order valence-electron chi connectivity index (χ1n) is 4.70. The molecule has 0 aliphatic heterocycles. The van der Waals surface area contributed by atoms with Gasteiger partial charge in [0.05, 0.1) is 4.90 Å². The largest absolute Gasteiger partial charge is 0.399 e. The van der Waals surface area contributed by atoms with E-state index in [1.807, 2.05) is 20.8 Å². The molecule has 0 aromatic heterocycles. The van der Waals surface area contributed by atoms with E-state index in [-0.39, 0.29) is 9.64 Å². The minimum atomic E-state index is -3.70. The highest BCUT2D eigenvalue weighted by molar-refractivity contribution is 8.00. The Morgan fingerprint density at radius 2 is 1.75 bits per heavy atom. The van der Waals surface area contributed by atoms with Crippen LogP contribution >= 0.6 is 11.8 Å². The average Bonchev–Trinajstić information content (AvgIpc) is 1.97. The Hall–Kier alpha value is -0.720. The summed E-state index contributed by atoms with van der Waals surface area (Å²) in [7, 11) is -3.70. The Kier molecular flexibility index (Phi) is 3.56. The van der Waals surface area contributed by atoms with Crippen LogP contribution in [0, 0.1) is 0 Å². The van der Waals surface area contributed by atoms with Crippen LogP contribution in [0.5, 0.6) is 0 Å². The zero-order chi connectivity index (χ0) is 12.6. The number of primary sulfonamides is 1. The topological polar surface area (TPSA) is 86.2 Å². The van der Waals surface area contributed by atoms with Crippen molar-refractivity contribution in [2.24, 2.45) is 5.14 Å². The molecule has 90 valence electrons. The van der Waals surface area contributed by atoms with Crippen LogP contribution in [0.3, 0.4) is 0 Å². The zero-order valence-corrected chi connectivity index (χ0v) is 11.2. The lowest BCUT2D eigenvalue weighted by molar-refractivity contribution is 0.597. The molecule has 16 heavy (non-hydrogen) atoms. The number of thioether (sulfide) groups is 1. The van der Waals surface area contributed by atoms with Gasteiger partial charge in [-0.25, -0.2) is 13.6 Å². The molecule has 0 aliphatic carbocycles. The van der Waals surface area contributed by atoms with Gasteiger partial charge in [-0.2, -0.15) is 0 Å². The third kappa shape index (κ3) is 4.03. The Bertz CT molecular complexity index is 490. The van der Waals surface area contributed by atoms with Crippen LogP contribution in [0.1, 0.15) is 20.8 Å². The first-order chi connectivity index (χ1) is 7.08. The highest BCUT2D eigenvalue weighted by Crippen LogP contribution is 2.34. The number of hydrogen-bond donors (Lipinski definition) is 2. The number of hydrogen-bond acceptors (Lipinski definition) is 4. The Balaban J connectivity index is 3.19.